The molecule has 1 atom stereocenters. The molecule has 3 nitrogen and oxygen atoms in total. The van der Waals surface area contributed by atoms with Crippen molar-refractivity contribution in [3.63, 3.8) is 0 Å². The molecule has 27 heavy (non-hydrogen) atoms. The fourth-order valence-electron chi connectivity index (χ4n) is 3.25. The normalized spacial score (nSPS) is 19.6. The second-order valence-electron chi connectivity index (χ2n) is 7.85. The molecule has 0 amide bonds. The van der Waals surface area contributed by atoms with Gasteiger partial charge < -0.3 is 0 Å². The lowest BCUT2D eigenvalue weighted by Gasteiger charge is -2.22. The van der Waals surface area contributed by atoms with Crippen LogP contribution in [0.4, 0.5) is 4.39 Å². The third-order valence-corrected chi connectivity index (χ3v) is 8.13. The molecule has 1 aliphatic rings. The number of nitrogens with zero attached hydrogens (tertiary/aromatic N) is 1. The van der Waals surface area contributed by atoms with Crippen molar-refractivity contribution in [2.75, 3.05) is 18.8 Å². The minimum atomic E-state index is -3.54. The molecule has 1 unspecified atom stereocenters. The minimum absolute atomic E-state index is 0.0188. The van der Waals surface area contributed by atoms with Gasteiger partial charge in [0.05, 0.1) is 4.90 Å². The molecule has 2 aromatic rings. The summed E-state index contributed by atoms with van der Waals surface area (Å²) in [5, 5.41) is -0.0188. The molecule has 0 radical (unpaired) electrons. The fourth-order valence-corrected chi connectivity index (χ4v) is 6.08. The Bertz CT molecular complexity index is 889. The number of sulfonamides is 1. The summed E-state index contributed by atoms with van der Waals surface area (Å²) in [6, 6.07) is 13.9. The predicted octanol–water partition coefficient (Wildman–Crippen LogP) is 4.99. The topological polar surface area (TPSA) is 37.4 Å². The van der Waals surface area contributed by atoms with Crippen molar-refractivity contribution in [1.82, 2.24) is 4.31 Å². The highest BCUT2D eigenvalue weighted by Crippen LogP contribution is 2.36. The summed E-state index contributed by atoms with van der Waals surface area (Å²) >= 11 is 1.63. The Morgan fingerprint density at radius 2 is 1.70 bits per heavy atom. The van der Waals surface area contributed by atoms with Gasteiger partial charge in [-0.15, -0.1) is 0 Å². The van der Waals surface area contributed by atoms with E-state index in [2.05, 4.69) is 20.8 Å². The molecular formula is C21H26FNO2S2. The van der Waals surface area contributed by atoms with E-state index in [0.717, 1.165) is 5.56 Å². The van der Waals surface area contributed by atoms with Gasteiger partial charge in [-0.1, -0.05) is 51.1 Å². The number of halogens is 1. The molecule has 6 heteroatoms. The Labute approximate surface area is 166 Å². The highest BCUT2D eigenvalue weighted by atomic mass is 32.2. The van der Waals surface area contributed by atoms with Crippen LogP contribution in [0.2, 0.25) is 0 Å². The predicted molar refractivity (Wildman–Crippen MR) is 110 cm³/mol. The summed E-state index contributed by atoms with van der Waals surface area (Å²) in [6.45, 7) is 7.15. The van der Waals surface area contributed by atoms with Crippen LogP contribution in [0.3, 0.4) is 0 Å². The zero-order valence-electron chi connectivity index (χ0n) is 16.0. The van der Waals surface area contributed by atoms with Crippen molar-refractivity contribution in [3.05, 3.63) is 65.5 Å². The maximum absolute atomic E-state index is 14.1. The molecule has 146 valence electrons. The van der Waals surface area contributed by atoms with Gasteiger partial charge in [0.1, 0.15) is 5.82 Å². The van der Waals surface area contributed by atoms with Crippen LogP contribution in [-0.2, 0) is 15.4 Å². The van der Waals surface area contributed by atoms with Crippen molar-refractivity contribution >= 4 is 21.8 Å². The Kier molecular flexibility index (Phi) is 5.99. The molecular weight excluding hydrogens is 381 g/mol. The SMILES string of the molecule is CC(C)(C)c1ccc(S(=O)(=O)N2CCSC(c3ccccc3F)CC2)cc1. The van der Waals surface area contributed by atoms with Crippen LogP contribution >= 0.6 is 11.8 Å². The largest absolute Gasteiger partial charge is 0.243 e. The van der Waals surface area contributed by atoms with Crippen molar-refractivity contribution in [3.8, 4) is 0 Å². The molecule has 0 N–H and O–H groups in total. The standard InChI is InChI=1S/C21H26FNO2S2/c1-21(2,3)16-8-10-17(11-9-16)27(24,25)23-13-12-20(26-15-14-23)18-6-4-5-7-19(18)22/h4-11,20H,12-15H2,1-3H3. The van der Waals surface area contributed by atoms with Crippen LogP contribution in [0.5, 0.6) is 0 Å². The molecule has 1 heterocycles. The monoisotopic (exact) mass is 407 g/mol. The Morgan fingerprint density at radius 1 is 1.04 bits per heavy atom. The smallest absolute Gasteiger partial charge is 0.207 e. The third-order valence-electron chi connectivity index (χ3n) is 4.91. The lowest BCUT2D eigenvalue weighted by Crippen LogP contribution is -2.33. The van der Waals surface area contributed by atoms with Gasteiger partial charge in [-0.25, -0.2) is 12.8 Å². The average molecular weight is 408 g/mol. The van der Waals surface area contributed by atoms with Crippen LogP contribution in [0.25, 0.3) is 0 Å². The van der Waals surface area contributed by atoms with Gasteiger partial charge in [0.25, 0.3) is 0 Å². The fraction of sp³-hybridized carbons (Fsp3) is 0.429. The van der Waals surface area contributed by atoms with Crippen LogP contribution in [0, 0.1) is 5.82 Å². The Hall–Kier alpha value is -1.37. The highest BCUT2D eigenvalue weighted by molar-refractivity contribution is 7.99. The quantitative estimate of drug-likeness (QED) is 0.719. The highest BCUT2D eigenvalue weighted by Gasteiger charge is 2.29. The van der Waals surface area contributed by atoms with Crippen molar-refractivity contribution in [2.24, 2.45) is 0 Å². The number of rotatable bonds is 3. The number of hydrogen-bond donors (Lipinski definition) is 0. The van der Waals surface area contributed by atoms with E-state index in [-0.39, 0.29) is 16.5 Å². The van der Waals surface area contributed by atoms with Crippen LogP contribution in [0.15, 0.2) is 53.4 Å². The molecule has 2 aromatic carbocycles. The van der Waals surface area contributed by atoms with Gasteiger partial charge in [-0.3, -0.25) is 0 Å². The first-order valence-corrected chi connectivity index (χ1v) is 11.7. The van der Waals surface area contributed by atoms with Gasteiger partial charge in [-0.05, 0) is 35.6 Å². The first-order chi connectivity index (χ1) is 12.7. The second kappa shape index (κ2) is 7.94. The van der Waals surface area contributed by atoms with Crippen LogP contribution in [0.1, 0.15) is 43.6 Å². The lowest BCUT2D eigenvalue weighted by atomic mass is 9.87. The number of hydrogen-bond acceptors (Lipinski definition) is 3. The van der Waals surface area contributed by atoms with Crippen LogP contribution in [-0.4, -0.2) is 31.6 Å². The number of benzene rings is 2. The lowest BCUT2D eigenvalue weighted by molar-refractivity contribution is 0.427. The minimum Gasteiger partial charge on any atom is -0.207 e. The molecule has 0 saturated carbocycles. The molecule has 0 aromatic heterocycles. The molecule has 0 aliphatic carbocycles. The summed E-state index contributed by atoms with van der Waals surface area (Å²) in [7, 11) is -3.54. The van der Waals surface area contributed by atoms with E-state index in [4.69, 9.17) is 0 Å². The van der Waals surface area contributed by atoms with Gasteiger partial charge in [0.15, 0.2) is 0 Å². The van der Waals surface area contributed by atoms with E-state index in [1.54, 1.807) is 36.0 Å². The van der Waals surface area contributed by atoms with E-state index >= 15 is 0 Å². The van der Waals surface area contributed by atoms with Gasteiger partial charge in [0, 0.05) is 29.7 Å². The summed E-state index contributed by atoms with van der Waals surface area (Å²) in [5.74, 6) is 0.433. The second-order valence-corrected chi connectivity index (χ2v) is 11.1. The maximum Gasteiger partial charge on any atom is 0.243 e. The molecule has 1 saturated heterocycles. The first kappa shape index (κ1) is 20.4. The number of thioether (sulfide) groups is 1. The average Bonchev–Trinajstić information content (AvgIpc) is 2.88. The van der Waals surface area contributed by atoms with E-state index in [9.17, 15) is 12.8 Å². The van der Waals surface area contributed by atoms with E-state index in [1.807, 2.05) is 18.2 Å². The summed E-state index contributed by atoms with van der Waals surface area (Å²) < 4.78 is 41.7. The van der Waals surface area contributed by atoms with Gasteiger partial charge >= 0.3 is 0 Å². The van der Waals surface area contributed by atoms with Gasteiger partial charge in [-0.2, -0.15) is 16.1 Å². The van der Waals surface area contributed by atoms with Crippen molar-refractivity contribution in [2.45, 2.75) is 42.8 Å². The van der Waals surface area contributed by atoms with Crippen molar-refractivity contribution < 1.29 is 12.8 Å². The summed E-state index contributed by atoms with van der Waals surface area (Å²) in [4.78, 5) is 0.324. The molecule has 0 bridgehead atoms. The summed E-state index contributed by atoms with van der Waals surface area (Å²) in [5.41, 5.74) is 1.75. The third kappa shape index (κ3) is 4.55. The molecule has 0 spiro atoms. The first-order valence-electron chi connectivity index (χ1n) is 9.16. The molecule has 1 aliphatic heterocycles. The van der Waals surface area contributed by atoms with Crippen LogP contribution < -0.4 is 0 Å². The molecule has 1 fully saturated rings. The maximum atomic E-state index is 14.1. The van der Waals surface area contributed by atoms with E-state index in [1.165, 1.54) is 10.4 Å². The zero-order valence-corrected chi connectivity index (χ0v) is 17.6. The van der Waals surface area contributed by atoms with Gasteiger partial charge in [0.2, 0.25) is 10.0 Å². The Morgan fingerprint density at radius 3 is 2.33 bits per heavy atom. The zero-order chi connectivity index (χ0) is 19.7. The summed E-state index contributed by atoms with van der Waals surface area (Å²) in [6.07, 6.45) is 0.602. The Balaban J connectivity index is 1.77. The molecule has 3 rings (SSSR count). The van der Waals surface area contributed by atoms with Crippen molar-refractivity contribution in [1.29, 1.82) is 0 Å². The van der Waals surface area contributed by atoms with E-state index in [0.29, 0.717) is 35.7 Å². The van der Waals surface area contributed by atoms with E-state index < -0.39 is 10.0 Å².